The van der Waals surface area contributed by atoms with Crippen LogP contribution in [0.1, 0.15) is 87.8 Å². The molecule has 2 atom stereocenters. The van der Waals surface area contributed by atoms with Crippen LogP contribution in [-0.2, 0) is 20.7 Å². The zero-order chi connectivity index (χ0) is 26.2. The van der Waals surface area contributed by atoms with Crippen LogP contribution in [0.3, 0.4) is 0 Å². The van der Waals surface area contributed by atoms with Crippen LogP contribution in [0.2, 0.25) is 0 Å². The van der Waals surface area contributed by atoms with Gasteiger partial charge in [0.2, 0.25) is 0 Å². The van der Waals surface area contributed by atoms with E-state index in [-0.39, 0.29) is 35.2 Å². The molecule has 0 aromatic heterocycles. The molecule has 1 amide bonds. The number of rotatable bonds is 5. The molecule has 0 radical (unpaired) electrons. The number of benzene rings is 1. The van der Waals surface area contributed by atoms with Crippen molar-refractivity contribution in [3.63, 3.8) is 0 Å². The van der Waals surface area contributed by atoms with Crippen LogP contribution >= 0.6 is 0 Å². The highest BCUT2D eigenvalue weighted by atomic mass is 16.5. The van der Waals surface area contributed by atoms with Crippen molar-refractivity contribution in [1.82, 2.24) is 9.57 Å². The zero-order valence-corrected chi connectivity index (χ0v) is 22.7. The van der Waals surface area contributed by atoms with Crippen LogP contribution in [0, 0.1) is 29.1 Å². The maximum atomic E-state index is 14.7. The molecule has 6 heteroatoms. The fourth-order valence-corrected chi connectivity index (χ4v) is 6.85. The van der Waals surface area contributed by atoms with Crippen molar-refractivity contribution >= 4 is 18.6 Å². The summed E-state index contributed by atoms with van der Waals surface area (Å²) in [5.41, 5.74) is 9.20. The number of hydrogen-bond donors (Lipinski definition) is 1. The molecule has 1 aromatic rings. The van der Waals surface area contributed by atoms with Gasteiger partial charge in [-0.15, -0.1) is 0 Å². The van der Waals surface area contributed by atoms with Crippen molar-refractivity contribution in [2.24, 2.45) is 23.0 Å². The molecule has 2 N–H and O–H groups in total. The maximum Gasteiger partial charge on any atom is 0.445 e. The molecule has 1 aliphatic heterocycles. The largest absolute Gasteiger partial charge is 0.445 e. The molecule has 2 saturated carbocycles. The minimum Gasteiger partial charge on any atom is -0.381 e. The summed E-state index contributed by atoms with van der Waals surface area (Å²) >= 11 is 0. The summed E-state index contributed by atoms with van der Waals surface area (Å²) < 4.78 is 16.0. The second-order valence-electron chi connectivity index (χ2n) is 12.0. The molecule has 6 nitrogen and oxygen atoms in total. The summed E-state index contributed by atoms with van der Waals surface area (Å²) in [4.78, 5) is 16.4. The van der Waals surface area contributed by atoms with Gasteiger partial charge in [-0.05, 0) is 92.4 Å². The van der Waals surface area contributed by atoms with E-state index in [0.717, 1.165) is 56.1 Å². The average molecular weight is 505 g/mol. The first kappa shape index (κ1) is 26.0. The molecule has 3 fully saturated rings. The normalized spacial score (nSPS) is 30.5. The average Bonchev–Trinajstić information content (AvgIpc) is 3.52. The first-order chi connectivity index (χ1) is 17.8. The Morgan fingerprint density at radius 3 is 2.62 bits per heavy atom. The van der Waals surface area contributed by atoms with Crippen LogP contribution in [0.4, 0.5) is 0 Å². The monoisotopic (exact) mass is 504 g/mol. The SMILES string of the molecule is C=[N+]=C(N)N(CC1(C(C)C)CCCO1)C(=O)C1c2cc(C#CC3CC3)ccc2CC12CCC(OC)CC2. The third-order valence-electron chi connectivity index (χ3n) is 9.43. The van der Waals surface area contributed by atoms with Crippen molar-refractivity contribution in [3.05, 3.63) is 34.9 Å². The van der Waals surface area contributed by atoms with Gasteiger partial charge in [-0.1, -0.05) is 31.8 Å². The fourth-order valence-electron chi connectivity index (χ4n) is 6.85. The van der Waals surface area contributed by atoms with E-state index in [1.54, 1.807) is 12.0 Å². The van der Waals surface area contributed by atoms with E-state index in [1.807, 2.05) is 0 Å². The molecule has 1 heterocycles. The molecule has 198 valence electrons. The number of methoxy groups -OCH3 is 1. The van der Waals surface area contributed by atoms with Gasteiger partial charge >= 0.3 is 5.96 Å². The third-order valence-corrected chi connectivity index (χ3v) is 9.43. The van der Waals surface area contributed by atoms with Crippen LogP contribution in [0.5, 0.6) is 0 Å². The molecule has 37 heavy (non-hydrogen) atoms. The van der Waals surface area contributed by atoms with E-state index in [9.17, 15) is 4.79 Å². The van der Waals surface area contributed by atoms with Crippen molar-refractivity contribution < 1.29 is 14.3 Å². The van der Waals surface area contributed by atoms with E-state index in [1.165, 1.54) is 18.4 Å². The fraction of sp³-hybridized carbons (Fsp3) is 0.645. The van der Waals surface area contributed by atoms with Gasteiger partial charge in [0.1, 0.15) is 18.9 Å². The third kappa shape index (κ3) is 4.98. The second-order valence-corrected chi connectivity index (χ2v) is 12.0. The van der Waals surface area contributed by atoms with Gasteiger partial charge in [-0.2, -0.15) is 4.90 Å². The summed E-state index contributed by atoms with van der Waals surface area (Å²) in [7, 11) is 1.79. The molecule has 5 rings (SSSR count). The van der Waals surface area contributed by atoms with Crippen LogP contribution in [-0.4, -0.2) is 55.5 Å². The Morgan fingerprint density at radius 2 is 2.03 bits per heavy atom. The number of hydrogen-bond acceptors (Lipinski definition) is 3. The van der Waals surface area contributed by atoms with Crippen molar-refractivity contribution in [2.45, 2.75) is 89.3 Å². The molecule has 3 aliphatic carbocycles. The second kappa shape index (κ2) is 10.3. The lowest BCUT2D eigenvalue weighted by molar-refractivity contribution is -0.137. The molecule has 0 bridgehead atoms. The van der Waals surface area contributed by atoms with Gasteiger partial charge in [0, 0.05) is 25.2 Å². The van der Waals surface area contributed by atoms with Crippen molar-refractivity contribution in [1.29, 1.82) is 0 Å². The summed E-state index contributed by atoms with van der Waals surface area (Å²) in [6.45, 7) is 9.11. The number of nitrogens with zero attached hydrogens (tertiary/aromatic N) is 2. The smallest absolute Gasteiger partial charge is 0.381 e. The molecular formula is C31H42N3O3+. The Morgan fingerprint density at radius 1 is 1.27 bits per heavy atom. The van der Waals surface area contributed by atoms with Gasteiger partial charge in [-0.3, -0.25) is 15.2 Å². The highest BCUT2D eigenvalue weighted by Gasteiger charge is 2.55. The van der Waals surface area contributed by atoms with Gasteiger partial charge in [0.15, 0.2) is 0 Å². The van der Waals surface area contributed by atoms with Crippen LogP contribution in [0.25, 0.3) is 0 Å². The van der Waals surface area contributed by atoms with Crippen LogP contribution in [0.15, 0.2) is 18.2 Å². The van der Waals surface area contributed by atoms with Gasteiger partial charge in [-0.25, -0.2) is 0 Å². The lowest BCUT2D eigenvalue weighted by atomic mass is 9.65. The van der Waals surface area contributed by atoms with E-state index >= 15 is 0 Å². The zero-order valence-electron chi connectivity index (χ0n) is 22.7. The first-order valence-electron chi connectivity index (χ1n) is 14.0. The van der Waals surface area contributed by atoms with Crippen molar-refractivity contribution in [3.8, 4) is 11.8 Å². The quantitative estimate of drug-likeness (QED) is 0.287. The number of carbonyl (C=O) groups is 1. The van der Waals surface area contributed by atoms with Crippen LogP contribution < -0.4 is 10.4 Å². The maximum absolute atomic E-state index is 14.7. The molecule has 1 saturated heterocycles. The summed E-state index contributed by atoms with van der Waals surface area (Å²) in [5, 5.41) is 0. The number of amides is 1. The number of ether oxygens (including phenoxy) is 2. The highest BCUT2D eigenvalue weighted by molar-refractivity contribution is 6.00. The van der Waals surface area contributed by atoms with E-state index in [0.29, 0.717) is 19.1 Å². The molecule has 1 spiro atoms. The number of fused-ring (bicyclic) bond motifs is 1. The predicted octanol–water partition coefficient (Wildman–Crippen LogP) is 3.78. The summed E-state index contributed by atoms with van der Waals surface area (Å²) in [5.74, 6) is 7.42. The highest BCUT2D eigenvalue weighted by Crippen LogP contribution is 2.56. The Labute approximate surface area is 221 Å². The summed E-state index contributed by atoms with van der Waals surface area (Å²) in [6.07, 6.45) is 9.24. The predicted molar refractivity (Wildman–Crippen MR) is 147 cm³/mol. The Kier molecular flexibility index (Phi) is 7.24. The standard InChI is InChI=1S/C31H41N3O3/c1-21(2)31(14-5-17-37-31)20-34(29(32)33-3)28(35)27-26-18-23(9-8-22-6-7-22)10-11-24(26)19-30(27)15-12-25(36-4)13-16-30/h10-11,18,21-22,25,27,32H,3,5-7,12-17,19-20H2,1-2,4H3/p+1. The number of carbonyl (C=O) groups excluding carboxylic acids is 1. The Hall–Kier alpha value is -2.58. The Balaban J connectivity index is 1.54. The topological polar surface area (TPSA) is 78.9 Å². The van der Waals surface area contributed by atoms with Crippen molar-refractivity contribution in [2.75, 3.05) is 20.3 Å². The first-order valence-corrected chi connectivity index (χ1v) is 14.0. The Bertz CT molecular complexity index is 1140. The van der Waals surface area contributed by atoms with E-state index < -0.39 is 5.60 Å². The molecule has 1 aromatic carbocycles. The van der Waals surface area contributed by atoms with Gasteiger partial charge in [0.25, 0.3) is 5.91 Å². The number of guanidine groups is 1. The minimum absolute atomic E-state index is 0.0161. The number of nitrogens with two attached hydrogens (primary N) is 1. The molecule has 4 aliphatic rings. The van der Waals surface area contributed by atoms with Gasteiger partial charge < -0.3 is 9.47 Å². The minimum atomic E-state index is -0.426. The molecule has 2 unspecified atom stereocenters. The lowest BCUT2D eigenvalue weighted by Crippen LogP contribution is -2.56. The lowest BCUT2D eigenvalue weighted by Gasteiger charge is -2.42. The molecular weight excluding hydrogens is 462 g/mol. The van der Waals surface area contributed by atoms with E-state index in [4.69, 9.17) is 15.2 Å². The van der Waals surface area contributed by atoms with Gasteiger partial charge in [0.05, 0.1) is 12.0 Å². The summed E-state index contributed by atoms with van der Waals surface area (Å²) in [6, 6.07) is 6.49. The van der Waals surface area contributed by atoms with E-state index in [2.05, 4.69) is 55.3 Å².